The molecule has 0 N–H and O–H groups in total. The Hall–Kier alpha value is -2.22. The van der Waals surface area contributed by atoms with Crippen molar-refractivity contribution in [1.29, 1.82) is 0 Å². The molecule has 0 bridgehead atoms. The molecule has 0 amide bonds. The highest BCUT2D eigenvalue weighted by atomic mass is 32.2. The minimum absolute atomic E-state index is 0.225. The molecule has 0 aliphatic carbocycles. The lowest BCUT2D eigenvalue weighted by molar-refractivity contribution is -0.139. The van der Waals surface area contributed by atoms with E-state index in [9.17, 15) is 4.79 Å². The first-order chi connectivity index (χ1) is 12.1. The molecule has 2 rings (SSSR count). The second kappa shape index (κ2) is 9.31. The first-order valence-electron chi connectivity index (χ1n) is 8.04. The Morgan fingerprint density at radius 3 is 2.56 bits per heavy atom. The van der Waals surface area contributed by atoms with Crippen LogP contribution in [-0.2, 0) is 22.5 Å². The zero-order valence-electron chi connectivity index (χ0n) is 14.9. The van der Waals surface area contributed by atoms with Gasteiger partial charge in [-0.2, -0.15) is 0 Å². The van der Waals surface area contributed by atoms with E-state index in [-0.39, 0.29) is 11.7 Å². The number of carbonyl (C=O) groups excluding carboxylic acids is 1. The smallest absolute Gasteiger partial charge is 0.316 e. The number of rotatable bonds is 9. The van der Waals surface area contributed by atoms with Crippen LogP contribution >= 0.6 is 11.8 Å². The van der Waals surface area contributed by atoms with E-state index in [0.29, 0.717) is 29.7 Å². The zero-order valence-corrected chi connectivity index (χ0v) is 15.8. The Balaban J connectivity index is 2.13. The standard InChI is InChI=1S/C17H23N3O4S/c1-5-20-15(18-19-17(20)25-11-16(21)24-6-2)10-12-7-8-13(22-3)14(9-12)23-4/h7-9H,5-6,10-11H2,1-4H3. The van der Waals surface area contributed by atoms with Gasteiger partial charge in [-0.15, -0.1) is 10.2 Å². The lowest BCUT2D eigenvalue weighted by atomic mass is 10.1. The average Bonchev–Trinajstić information content (AvgIpc) is 3.01. The third kappa shape index (κ3) is 4.88. The molecule has 0 aliphatic heterocycles. The number of thioether (sulfide) groups is 1. The molecule has 8 heteroatoms. The quantitative estimate of drug-likeness (QED) is 0.499. The van der Waals surface area contributed by atoms with Gasteiger partial charge in [0.2, 0.25) is 0 Å². The van der Waals surface area contributed by atoms with Crippen LogP contribution in [0.1, 0.15) is 25.2 Å². The highest BCUT2D eigenvalue weighted by Gasteiger charge is 2.15. The van der Waals surface area contributed by atoms with Crippen molar-refractivity contribution in [2.75, 3.05) is 26.6 Å². The summed E-state index contributed by atoms with van der Waals surface area (Å²) in [5.41, 5.74) is 1.04. The van der Waals surface area contributed by atoms with Crippen molar-refractivity contribution < 1.29 is 19.0 Å². The number of carbonyl (C=O) groups is 1. The molecule has 1 heterocycles. The predicted octanol–water partition coefficient (Wildman–Crippen LogP) is 2.56. The summed E-state index contributed by atoms with van der Waals surface area (Å²) in [6.45, 7) is 4.92. The van der Waals surface area contributed by atoms with E-state index in [4.69, 9.17) is 14.2 Å². The van der Waals surface area contributed by atoms with Gasteiger partial charge < -0.3 is 18.8 Å². The number of ether oxygens (including phenoxy) is 3. The Morgan fingerprint density at radius 2 is 1.92 bits per heavy atom. The maximum atomic E-state index is 11.5. The minimum atomic E-state index is -0.250. The molecule has 25 heavy (non-hydrogen) atoms. The van der Waals surface area contributed by atoms with E-state index in [0.717, 1.165) is 17.9 Å². The van der Waals surface area contributed by atoms with Crippen molar-refractivity contribution >= 4 is 17.7 Å². The van der Waals surface area contributed by atoms with E-state index in [1.165, 1.54) is 11.8 Å². The monoisotopic (exact) mass is 365 g/mol. The highest BCUT2D eigenvalue weighted by Crippen LogP contribution is 2.28. The molecule has 0 saturated carbocycles. The van der Waals surface area contributed by atoms with Gasteiger partial charge >= 0.3 is 5.97 Å². The Morgan fingerprint density at radius 1 is 1.16 bits per heavy atom. The van der Waals surface area contributed by atoms with E-state index in [2.05, 4.69) is 10.2 Å². The summed E-state index contributed by atoms with van der Waals surface area (Å²) in [5.74, 6) is 2.18. The molecule has 1 aromatic heterocycles. The molecule has 136 valence electrons. The molecule has 0 aliphatic rings. The summed E-state index contributed by atoms with van der Waals surface area (Å²) in [4.78, 5) is 11.5. The summed E-state index contributed by atoms with van der Waals surface area (Å²) in [5, 5.41) is 9.19. The van der Waals surface area contributed by atoms with Crippen molar-refractivity contribution in [2.24, 2.45) is 0 Å². The maximum absolute atomic E-state index is 11.5. The highest BCUT2D eigenvalue weighted by molar-refractivity contribution is 7.99. The number of benzene rings is 1. The number of esters is 1. The molecule has 0 spiro atoms. The van der Waals surface area contributed by atoms with Gasteiger partial charge in [0, 0.05) is 13.0 Å². The summed E-state index contributed by atoms with van der Waals surface area (Å²) < 4.78 is 17.5. The molecule has 0 radical (unpaired) electrons. The van der Waals surface area contributed by atoms with Crippen molar-refractivity contribution in [3.8, 4) is 11.5 Å². The van der Waals surface area contributed by atoms with Crippen LogP contribution < -0.4 is 9.47 Å². The van der Waals surface area contributed by atoms with Gasteiger partial charge in [-0.05, 0) is 31.5 Å². The molecule has 0 atom stereocenters. The SMILES string of the molecule is CCOC(=O)CSc1nnc(Cc2ccc(OC)c(OC)c2)n1CC. The summed E-state index contributed by atoms with van der Waals surface area (Å²) in [6, 6.07) is 5.78. The number of hydrogen-bond acceptors (Lipinski definition) is 7. The van der Waals surface area contributed by atoms with Crippen molar-refractivity contribution in [2.45, 2.75) is 32.0 Å². The van der Waals surface area contributed by atoms with Gasteiger partial charge in [0.1, 0.15) is 5.82 Å². The first-order valence-corrected chi connectivity index (χ1v) is 9.02. The lowest BCUT2D eigenvalue weighted by Crippen LogP contribution is -2.09. The summed E-state index contributed by atoms with van der Waals surface area (Å²) in [7, 11) is 3.22. The van der Waals surface area contributed by atoms with Crippen LogP contribution in [0.4, 0.5) is 0 Å². The van der Waals surface area contributed by atoms with E-state index >= 15 is 0 Å². The van der Waals surface area contributed by atoms with Crippen LogP contribution in [0.3, 0.4) is 0 Å². The third-order valence-corrected chi connectivity index (χ3v) is 4.48. The fourth-order valence-corrected chi connectivity index (χ4v) is 3.19. The first kappa shape index (κ1) is 19.1. The number of nitrogens with zero attached hydrogens (tertiary/aromatic N) is 3. The fourth-order valence-electron chi connectivity index (χ4n) is 2.37. The normalized spacial score (nSPS) is 10.6. The van der Waals surface area contributed by atoms with Gasteiger partial charge in [0.05, 0.1) is 26.6 Å². The van der Waals surface area contributed by atoms with Crippen LogP contribution in [0.5, 0.6) is 11.5 Å². The average molecular weight is 365 g/mol. The zero-order chi connectivity index (χ0) is 18.2. The molecule has 1 aromatic carbocycles. The summed E-state index contributed by atoms with van der Waals surface area (Å²) >= 11 is 1.33. The second-order valence-corrected chi connectivity index (χ2v) is 6.05. The van der Waals surface area contributed by atoms with E-state index < -0.39 is 0 Å². The Kier molecular flexibility index (Phi) is 7.12. The van der Waals surface area contributed by atoms with Gasteiger partial charge in [0.25, 0.3) is 0 Å². The van der Waals surface area contributed by atoms with Crippen molar-refractivity contribution in [3.05, 3.63) is 29.6 Å². The van der Waals surface area contributed by atoms with Gasteiger partial charge in [-0.25, -0.2) is 0 Å². The van der Waals surface area contributed by atoms with Gasteiger partial charge in [0.15, 0.2) is 16.7 Å². The number of hydrogen-bond donors (Lipinski definition) is 0. The van der Waals surface area contributed by atoms with Crippen LogP contribution in [0.25, 0.3) is 0 Å². The molecule has 2 aromatic rings. The fraction of sp³-hybridized carbons (Fsp3) is 0.471. The topological polar surface area (TPSA) is 75.5 Å². The minimum Gasteiger partial charge on any atom is -0.493 e. The molecule has 0 fully saturated rings. The van der Waals surface area contributed by atoms with Crippen LogP contribution in [0.2, 0.25) is 0 Å². The van der Waals surface area contributed by atoms with E-state index in [1.807, 2.05) is 29.7 Å². The number of methoxy groups -OCH3 is 2. The molecule has 0 unspecified atom stereocenters. The molecular weight excluding hydrogens is 342 g/mol. The number of aromatic nitrogens is 3. The lowest BCUT2D eigenvalue weighted by Gasteiger charge is -2.10. The Labute approximate surface area is 151 Å². The third-order valence-electron chi connectivity index (χ3n) is 3.54. The maximum Gasteiger partial charge on any atom is 0.316 e. The van der Waals surface area contributed by atoms with Crippen LogP contribution in [0.15, 0.2) is 23.4 Å². The molecule has 0 saturated heterocycles. The second-order valence-electron chi connectivity index (χ2n) is 5.10. The largest absolute Gasteiger partial charge is 0.493 e. The van der Waals surface area contributed by atoms with Crippen LogP contribution in [-0.4, -0.2) is 47.3 Å². The van der Waals surface area contributed by atoms with Gasteiger partial charge in [-0.3, -0.25) is 4.79 Å². The summed E-state index contributed by atoms with van der Waals surface area (Å²) in [6.07, 6.45) is 0.612. The Bertz CT molecular complexity index is 718. The van der Waals surface area contributed by atoms with Gasteiger partial charge in [-0.1, -0.05) is 17.8 Å². The molecular formula is C17H23N3O4S. The predicted molar refractivity (Wildman–Crippen MR) is 95.4 cm³/mol. The van der Waals surface area contributed by atoms with E-state index in [1.54, 1.807) is 21.1 Å². The van der Waals surface area contributed by atoms with Crippen molar-refractivity contribution in [1.82, 2.24) is 14.8 Å². The molecule has 7 nitrogen and oxygen atoms in total. The van der Waals surface area contributed by atoms with Crippen LogP contribution in [0, 0.1) is 0 Å². The van der Waals surface area contributed by atoms with Crippen molar-refractivity contribution in [3.63, 3.8) is 0 Å².